The molecule has 0 aliphatic heterocycles. The molecule has 29 heavy (non-hydrogen) atoms. The molecule has 5 aromatic rings. The van der Waals surface area contributed by atoms with Crippen molar-refractivity contribution in [1.82, 2.24) is 39.1 Å². The van der Waals surface area contributed by atoms with Crippen LogP contribution in [0.1, 0.15) is 25.2 Å². The van der Waals surface area contributed by atoms with Crippen LogP contribution < -0.4 is 0 Å². The summed E-state index contributed by atoms with van der Waals surface area (Å²) in [5.74, 6) is 0.507. The van der Waals surface area contributed by atoms with E-state index in [1.165, 1.54) is 17.1 Å². The van der Waals surface area contributed by atoms with E-state index in [0.29, 0.717) is 23.5 Å². The molecule has 0 saturated carbocycles. The fourth-order valence-corrected chi connectivity index (χ4v) is 3.32. The second-order valence-corrected chi connectivity index (χ2v) is 6.47. The molecule has 0 unspecified atom stereocenters. The molecule has 1 atom stereocenters. The van der Waals surface area contributed by atoms with Crippen molar-refractivity contribution in [2.75, 3.05) is 0 Å². The molecule has 0 saturated heterocycles. The minimum Gasteiger partial charge on any atom is -0.258 e. The molecule has 0 aliphatic rings. The van der Waals surface area contributed by atoms with Crippen LogP contribution in [0.5, 0.6) is 0 Å². The van der Waals surface area contributed by atoms with Gasteiger partial charge in [0.15, 0.2) is 17.1 Å². The molecule has 0 aliphatic carbocycles. The van der Waals surface area contributed by atoms with Crippen LogP contribution in [0.3, 0.4) is 0 Å². The van der Waals surface area contributed by atoms with Gasteiger partial charge in [-0.2, -0.15) is 10.2 Å². The summed E-state index contributed by atoms with van der Waals surface area (Å²) < 4.78 is 4.86. The van der Waals surface area contributed by atoms with Gasteiger partial charge >= 0.3 is 5.69 Å². The van der Waals surface area contributed by atoms with E-state index in [-0.39, 0.29) is 11.7 Å². The van der Waals surface area contributed by atoms with Crippen molar-refractivity contribution in [3.8, 4) is 5.69 Å². The molecule has 0 spiro atoms. The van der Waals surface area contributed by atoms with Gasteiger partial charge in [-0.1, -0.05) is 25.1 Å². The third-order valence-electron chi connectivity index (χ3n) is 4.73. The highest BCUT2D eigenvalue weighted by Crippen LogP contribution is 2.24. The van der Waals surface area contributed by atoms with Crippen LogP contribution in [0, 0.1) is 10.1 Å². The number of rotatable bonds is 5. The topological polar surface area (TPSA) is 122 Å². The first-order valence-electron chi connectivity index (χ1n) is 8.98. The van der Waals surface area contributed by atoms with Crippen LogP contribution in [0.25, 0.3) is 22.4 Å². The molecule has 144 valence electrons. The van der Waals surface area contributed by atoms with Gasteiger partial charge in [0.05, 0.1) is 22.2 Å². The molecular weight excluding hydrogens is 374 g/mol. The van der Waals surface area contributed by atoms with Gasteiger partial charge in [0.2, 0.25) is 0 Å². The average Bonchev–Trinajstić information content (AvgIpc) is 3.46. The zero-order valence-corrected chi connectivity index (χ0v) is 15.3. The Kier molecular flexibility index (Phi) is 3.79. The quantitative estimate of drug-likeness (QED) is 0.334. The van der Waals surface area contributed by atoms with E-state index < -0.39 is 4.92 Å². The molecule has 1 aromatic carbocycles. The highest BCUT2D eigenvalue weighted by molar-refractivity contribution is 5.89. The number of fused-ring (bicyclic) bond motifs is 3. The second kappa shape index (κ2) is 6.48. The van der Waals surface area contributed by atoms with Crippen molar-refractivity contribution in [3.63, 3.8) is 0 Å². The molecular formula is C18H15N9O2. The molecule has 0 bridgehead atoms. The van der Waals surface area contributed by atoms with Crippen LogP contribution >= 0.6 is 0 Å². The lowest BCUT2D eigenvalue weighted by molar-refractivity contribution is -0.385. The van der Waals surface area contributed by atoms with E-state index in [4.69, 9.17) is 0 Å². The third-order valence-corrected chi connectivity index (χ3v) is 4.73. The number of benzene rings is 1. The van der Waals surface area contributed by atoms with Crippen LogP contribution in [0.2, 0.25) is 0 Å². The van der Waals surface area contributed by atoms with E-state index in [9.17, 15) is 10.1 Å². The largest absolute Gasteiger partial charge is 0.307 e. The Balaban J connectivity index is 1.61. The van der Waals surface area contributed by atoms with Gasteiger partial charge in [0.25, 0.3) is 0 Å². The van der Waals surface area contributed by atoms with Crippen LogP contribution in [-0.4, -0.2) is 44.1 Å². The Morgan fingerprint density at radius 1 is 1.14 bits per heavy atom. The zero-order chi connectivity index (χ0) is 20.0. The van der Waals surface area contributed by atoms with Crippen molar-refractivity contribution >= 4 is 22.4 Å². The Labute approximate surface area is 163 Å². The number of aromatic nitrogens is 8. The summed E-state index contributed by atoms with van der Waals surface area (Å²) in [5.41, 5.74) is 2.12. The van der Waals surface area contributed by atoms with Crippen molar-refractivity contribution in [3.05, 3.63) is 71.2 Å². The molecule has 4 heterocycles. The van der Waals surface area contributed by atoms with Crippen molar-refractivity contribution in [1.29, 1.82) is 0 Å². The van der Waals surface area contributed by atoms with E-state index in [2.05, 4.69) is 25.3 Å². The Bertz CT molecular complexity index is 1340. The van der Waals surface area contributed by atoms with Crippen LogP contribution in [-0.2, 0) is 0 Å². The van der Waals surface area contributed by atoms with Gasteiger partial charge in [-0.15, -0.1) is 5.10 Å². The third kappa shape index (κ3) is 2.71. The fraction of sp³-hybridized carbons (Fsp3) is 0.167. The predicted octanol–water partition coefficient (Wildman–Crippen LogP) is 2.57. The second-order valence-electron chi connectivity index (χ2n) is 6.47. The van der Waals surface area contributed by atoms with Crippen LogP contribution in [0.15, 0.2) is 55.2 Å². The van der Waals surface area contributed by atoms with E-state index in [1.807, 2.05) is 37.3 Å². The van der Waals surface area contributed by atoms with Gasteiger partial charge in [0.1, 0.15) is 24.8 Å². The highest BCUT2D eigenvalue weighted by Gasteiger charge is 2.22. The van der Waals surface area contributed by atoms with Crippen molar-refractivity contribution in [2.24, 2.45) is 0 Å². The number of para-hydroxylation sites is 1. The lowest BCUT2D eigenvalue weighted by atomic mass is 10.2. The average molecular weight is 389 g/mol. The summed E-state index contributed by atoms with van der Waals surface area (Å²) in [6.45, 7) is 1.95. The summed E-state index contributed by atoms with van der Waals surface area (Å²) in [6, 6.07) is 9.38. The summed E-state index contributed by atoms with van der Waals surface area (Å²) in [7, 11) is 0. The molecule has 0 N–H and O–H groups in total. The first kappa shape index (κ1) is 17.0. The van der Waals surface area contributed by atoms with Crippen molar-refractivity contribution < 1.29 is 4.92 Å². The molecule has 11 heteroatoms. The monoisotopic (exact) mass is 389 g/mol. The minimum atomic E-state index is -0.473. The first-order valence-corrected chi connectivity index (χ1v) is 8.98. The van der Waals surface area contributed by atoms with E-state index in [0.717, 1.165) is 11.1 Å². The Morgan fingerprint density at radius 3 is 2.69 bits per heavy atom. The molecule has 5 rings (SSSR count). The molecule has 11 nitrogen and oxygen atoms in total. The van der Waals surface area contributed by atoms with Crippen molar-refractivity contribution in [2.45, 2.75) is 19.4 Å². The summed E-state index contributed by atoms with van der Waals surface area (Å²) >= 11 is 0. The van der Waals surface area contributed by atoms with Gasteiger partial charge < -0.3 is 0 Å². The lowest BCUT2D eigenvalue weighted by Gasteiger charge is -2.10. The maximum absolute atomic E-state index is 11.0. The fourth-order valence-electron chi connectivity index (χ4n) is 3.32. The highest BCUT2D eigenvalue weighted by atomic mass is 16.6. The lowest BCUT2D eigenvalue weighted by Crippen LogP contribution is -2.12. The number of hydrogen-bond donors (Lipinski definition) is 0. The standard InChI is InChI=1S/C18H15N9O2/c1-2-15(24-10-13(8-20-24)27(28)29)16-22-18-14-9-21-26(12-6-4-3-5-7-12)17(14)19-11-25(18)23-16/h3-11,15H,2H2,1H3/t15-/m0/s1. The SMILES string of the molecule is CC[C@@H](c1nc2c3cnn(-c4ccccc4)c3ncn2n1)n1cc([N+](=O)[O-])cn1. The van der Waals surface area contributed by atoms with Gasteiger partial charge in [-0.3, -0.25) is 14.8 Å². The maximum Gasteiger partial charge on any atom is 0.307 e. The van der Waals surface area contributed by atoms with Gasteiger partial charge in [0, 0.05) is 0 Å². The Morgan fingerprint density at radius 2 is 1.97 bits per heavy atom. The molecule has 4 aromatic heterocycles. The Hall–Kier alpha value is -4.15. The molecule has 0 amide bonds. The zero-order valence-electron chi connectivity index (χ0n) is 15.3. The van der Waals surface area contributed by atoms with Gasteiger partial charge in [-0.25, -0.2) is 19.2 Å². The van der Waals surface area contributed by atoms with Crippen LogP contribution in [0.4, 0.5) is 5.69 Å². The summed E-state index contributed by atoms with van der Waals surface area (Å²) in [5, 5.41) is 24.8. The molecule has 0 radical (unpaired) electrons. The van der Waals surface area contributed by atoms with E-state index in [1.54, 1.807) is 21.7 Å². The minimum absolute atomic E-state index is 0.0691. The smallest absolute Gasteiger partial charge is 0.258 e. The summed E-state index contributed by atoms with van der Waals surface area (Å²) in [4.78, 5) is 19.7. The molecule has 0 fully saturated rings. The first-order chi connectivity index (χ1) is 14.2. The van der Waals surface area contributed by atoms with E-state index >= 15 is 0 Å². The number of nitro groups is 1. The number of nitrogens with zero attached hydrogens (tertiary/aromatic N) is 9. The normalized spacial score (nSPS) is 12.6. The predicted molar refractivity (Wildman–Crippen MR) is 103 cm³/mol. The maximum atomic E-state index is 11.0. The summed E-state index contributed by atoms with van der Waals surface area (Å²) in [6.07, 6.45) is 6.54. The number of hydrogen-bond acceptors (Lipinski definition) is 7. The van der Waals surface area contributed by atoms with Gasteiger partial charge in [-0.05, 0) is 18.6 Å².